The molecule has 7 nitrogen and oxygen atoms in total. The number of nitrogens with zero attached hydrogens (tertiary/aromatic N) is 2. The van der Waals surface area contributed by atoms with Gasteiger partial charge in [-0.05, 0) is 6.07 Å². The molecule has 2 amide bonds. The normalized spacial score (nSPS) is 14.6. The molecule has 2 heterocycles. The van der Waals surface area contributed by atoms with Crippen molar-refractivity contribution in [1.82, 2.24) is 14.8 Å². The van der Waals surface area contributed by atoms with E-state index in [-0.39, 0.29) is 30.6 Å². The maximum atomic E-state index is 12.7. The SMILES string of the molecule is COC(=O)CCC(=O)N1CCN(C(=O)c2c[nH]c3ccccc23)CC1. The predicted octanol–water partition coefficient (Wildman–Crippen LogP) is 1.41. The van der Waals surface area contributed by atoms with Gasteiger partial charge in [0.25, 0.3) is 5.91 Å². The number of carbonyl (C=O) groups is 3. The van der Waals surface area contributed by atoms with Crippen molar-refractivity contribution in [2.75, 3.05) is 33.3 Å². The maximum Gasteiger partial charge on any atom is 0.306 e. The number of aromatic amines is 1. The number of H-pyrrole nitrogens is 1. The number of aromatic nitrogens is 1. The number of benzene rings is 1. The van der Waals surface area contributed by atoms with Gasteiger partial charge in [0, 0.05) is 49.7 Å². The topological polar surface area (TPSA) is 82.7 Å². The number of carbonyl (C=O) groups excluding carboxylic acids is 3. The molecular weight excluding hydrogens is 322 g/mol. The van der Waals surface area contributed by atoms with E-state index in [1.54, 1.807) is 16.0 Å². The van der Waals surface area contributed by atoms with E-state index < -0.39 is 0 Å². The summed E-state index contributed by atoms with van der Waals surface area (Å²) in [5.74, 6) is -0.495. The van der Waals surface area contributed by atoms with Gasteiger partial charge in [0.2, 0.25) is 5.91 Å². The third-order valence-corrected chi connectivity index (χ3v) is 4.51. The number of ether oxygens (including phenoxy) is 1. The lowest BCUT2D eigenvalue weighted by Gasteiger charge is -2.34. The molecule has 1 aromatic heterocycles. The lowest BCUT2D eigenvalue weighted by molar-refractivity contribution is -0.143. The molecule has 132 valence electrons. The van der Waals surface area contributed by atoms with E-state index >= 15 is 0 Å². The highest BCUT2D eigenvalue weighted by molar-refractivity contribution is 6.06. The molecule has 0 aliphatic carbocycles. The first-order chi connectivity index (χ1) is 12.1. The molecule has 0 spiro atoms. The molecule has 0 bridgehead atoms. The molecular formula is C18H21N3O4. The molecule has 0 saturated carbocycles. The van der Waals surface area contributed by atoms with Crippen molar-refractivity contribution >= 4 is 28.7 Å². The van der Waals surface area contributed by atoms with Crippen LogP contribution in [-0.4, -0.2) is 65.9 Å². The number of esters is 1. The standard InChI is InChI=1S/C18H21N3O4/c1-25-17(23)7-6-16(22)20-8-10-21(11-9-20)18(24)14-12-19-15-5-3-2-4-13(14)15/h2-5,12,19H,6-11H2,1H3. The minimum absolute atomic E-state index is 0.0286. The monoisotopic (exact) mass is 343 g/mol. The number of methoxy groups -OCH3 is 1. The third kappa shape index (κ3) is 3.65. The fourth-order valence-electron chi connectivity index (χ4n) is 3.05. The number of fused-ring (bicyclic) bond motifs is 1. The van der Waals surface area contributed by atoms with E-state index in [4.69, 9.17) is 0 Å². The second-order valence-corrected chi connectivity index (χ2v) is 6.00. The van der Waals surface area contributed by atoms with Gasteiger partial charge in [-0.3, -0.25) is 14.4 Å². The van der Waals surface area contributed by atoms with Crippen molar-refractivity contribution in [2.24, 2.45) is 0 Å². The predicted molar refractivity (Wildman–Crippen MR) is 92.0 cm³/mol. The molecule has 0 radical (unpaired) electrons. The van der Waals surface area contributed by atoms with E-state index in [9.17, 15) is 14.4 Å². The highest BCUT2D eigenvalue weighted by Crippen LogP contribution is 2.20. The van der Waals surface area contributed by atoms with Crippen molar-refractivity contribution in [3.05, 3.63) is 36.0 Å². The molecule has 1 saturated heterocycles. The number of amides is 2. The summed E-state index contributed by atoms with van der Waals surface area (Å²) in [7, 11) is 1.31. The number of rotatable bonds is 4. The largest absolute Gasteiger partial charge is 0.469 e. The van der Waals surface area contributed by atoms with Gasteiger partial charge in [-0.1, -0.05) is 18.2 Å². The average molecular weight is 343 g/mol. The Morgan fingerprint density at radius 2 is 1.72 bits per heavy atom. The average Bonchev–Trinajstić information content (AvgIpc) is 3.09. The zero-order valence-electron chi connectivity index (χ0n) is 14.2. The van der Waals surface area contributed by atoms with Crippen LogP contribution in [0, 0.1) is 0 Å². The highest BCUT2D eigenvalue weighted by atomic mass is 16.5. The molecule has 0 unspecified atom stereocenters. The summed E-state index contributed by atoms with van der Waals surface area (Å²) in [6, 6.07) is 7.69. The first-order valence-corrected chi connectivity index (χ1v) is 8.30. The van der Waals surface area contributed by atoms with Crippen LogP contribution in [0.2, 0.25) is 0 Å². The lowest BCUT2D eigenvalue weighted by atomic mass is 10.1. The summed E-state index contributed by atoms with van der Waals surface area (Å²) in [6.45, 7) is 1.94. The first-order valence-electron chi connectivity index (χ1n) is 8.30. The van der Waals surface area contributed by atoms with Gasteiger partial charge in [0.05, 0.1) is 19.1 Å². The summed E-state index contributed by atoms with van der Waals surface area (Å²) in [5.41, 5.74) is 1.59. The Kier molecular flexibility index (Phi) is 5.02. The van der Waals surface area contributed by atoms with Gasteiger partial charge in [0.15, 0.2) is 0 Å². The van der Waals surface area contributed by atoms with Crippen LogP contribution < -0.4 is 0 Å². The number of nitrogens with one attached hydrogen (secondary N) is 1. The van der Waals surface area contributed by atoms with Crippen LogP contribution in [-0.2, 0) is 14.3 Å². The molecule has 3 rings (SSSR count). The molecule has 25 heavy (non-hydrogen) atoms. The van der Waals surface area contributed by atoms with E-state index in [1.807, 2.05) is 24.3 Å². The molecule has 1 N–H and O–H groups in total. The Morgan fingerprint density at radius 1 is 1.04 bits per heavy atom. The molecule has 1 aliphatic rings. The summed E-state index contributed by atoms with van der Waals surface area (Å²) in [6.07, 6.45) is 1.97. The Labute approximate surface area is 145 Å². The van der Waals surface area contributed by atoms with Gasteiger partial charge in [-0.15, -0.1) is 0 Å². The Balaban J connectivity index is 1.58. The van der Waals surface area contributed by atoms with Gasteiger partial charge >= 0.3 is 5.97 Å². The number of para-hydroxylation sites is 1. The van der Waals surface area contributed by atoms with E-state index in [2.05, 4.69) is 9.72 Å². The van der Waals surface area contributed by atoms with E-state index in [1.165, 1.54) is 7.11 Å². The van der Waals surface area contributed by atoms with Crippen LogP contribution in [0.1, 0.15) is 23.2 Å². The number of piperazine rings is 1. The fraction of sp³-hybridized carbons (Fsp3) is 0.389. The quantitative estimate of drug-likeness (QED) is 0.851. The summed E-state index contributed by atoms with van der Waals surface area (Å²) >= 11 is 0. The Hall–Kier alpha value is -2.83. The minimum atomic E-state index is -0.388. The van der Waals surface area contributed by atoms with Crippen LogP contribution in [0.5, 0.6) is 0 Å². The van der Waals surface area contributed by atoms with Crippen molar-refractivity contribution in [1.29, 1.82) is 0 Å². The van der Waals surface area contributed by atoms with E-state index in [0.29, 0.717) is 31.7 Å². The smallest absolute Gasteiger partial charge is 0.306 e. The van der Waals surface area contributed by atoms with Crippen molar-refractivity contribution < 1.29 is 19.1 Å². The van der Waals surface area contributed by atoms with Crippen molar-refractivity contribution in [3.8, 4) is 0 Å². The van der Waals surface area contributed by atoms with Gasteiger partial charge < -0.3 is 19.5 Å². The molecule has 1 aliphatic heterocycles. The first kappa shape index (κ1) is 17.0. The van der Waals surface area contributed by atoms with Gasteiger partial charge in [-0.25, -0.2) is 0 Å². The van der Waals surface area contributed by atoms with Gasteiger partial charge in [0.1, 0.15) is 0 Å². The van der Waals surface area contributed by atoms with Gasteiger partial charge in [-0.2, -0.15) is 0 Å². The molecule has 1 fully saturated rings. The second-order valence-electron chi connectivity index (χ2n) is 6.00. The second kappa shape index (κ2) is 7.38. The summed E-state index contributed by atoms with van der Waals surface area (Å²) in [5, 5.41) is 0.907. The van der Waals surface area contributed by atoms with E-state index in [0.717, 1.165) is 10.9 Å². The zero-order chi connectivity index (χ0) is 17.8. The van der Waals surface area contributed by atoms with Crippen molar-refractivity contribution in [2.45, 2.75) is 12.8 Å². The van der Waals surface area contributed by atoms with Crippen LogP contribution in [0.15, 0.2) is 30.5 Å². The number of hydrogen-bond acceptors (Lipinski definition) is 4. The summed E-state index contributed by atoms with van der Waals surface area (Å²) < 4.78 is 4.55. The molecule has 7 heteroatoms. The molecule has 2 aromatic rings. The number of hydrogen-bond donors (Lipinski definition) is 1. The molecule has 1 aromatic carbocycles. The third-order valence-electron chi connectivity index (χ3n) is 4.51. The van der Waals surface area contributed by atoms with Crippen molar-refractivity contribution in [3.63, 3.8) is 0 Å². The van der Waals surface area contributed by atoms with Crippen LogP contribution in [0.4, 0.5) is 0 Å². The minimum Gasteiger partial charge on any atom is -0.469 e. The summed E-state index contributed by atoms with van der Waals surface area (Å²) in [4.78, 5) is 42.6. The fourth-order valence-corrected chi connectivity index (χ4v) is 3.05. The lowest BCUT2D eigenvalue weighted by Crippen LogP contribution is -2.50. The van der Waals surface area contributed by atoms with Crippen LogP contribution in [0.25, 0.3) is 10.9 Å². The molecule has 0 atom stereocenters. The highest BCUT2D eigenvalue weighted by Gasteiger charge is 2.26. The maximum absolute atomic E-state index is 12.7. The van der Waals surface area contributed by atoms with Crippen LogP contribution >= 0.6 is 0 Å². The Morgan fingerprint density at radius 3 is 2.44 bits per heavy atom. The van der Waals surface area contributed by atoms with Crippen LogP contribution in [0.3, 0.4) is 0 Å². The Bertz CT molecular complexity index is 790. The zero-order valence-corrected chi connectivity index (χ0v) is 14.2.